The van der Waals surface area contributed by atoms with Crippen LogP contribution in [0, 0.1) is 5.41 Å². The van der Waals surface area contributed by atoms with E-state index in [1.165, 1.54) is 11.1 Å². The van der Waals surface area contributed by atoms with E-state index in [0.29, 0.717) is 0 Å². The van der Waals surface area contributed by atoms with Crippen LogP contribution >= 0.6 is 0 Å². The van der Waals surface area contributed by atoms with Gasteiger partial charge in [0.1, 0.15) is 0 Å². The van der Waals surface area contributed by atoms with Crippen molar-refractivity contribution in [2.75, 3.05) is 20.1 Å². The molecule has 1 aliphatic heterocycles. The Balaban J connectivity index is 1.45. The van der Waals surface area contributed by atoms with Gasteiger partial charge in [-0.05, 0) is 60.7 Å². The predicted molar refractivity (Wildman–Crippen MR) is 121 cm³/mol. The number of rotatable bonds is 6. The minimum atomic E-state index is -0.336. The number of carbonyl (C=O) groups is 1. The molecule has 1 aromatic heterocycles. The van der Waals surface area contributed by atoms with E-state index >= 15 is 0 Å². The number of hydrogen-bond donors (Lipinski definition) is 1. The molecule has 0 saturated carbocycles. The Hall–Kier alpha value is -2.98. The average Bonchev–Trinajstić information content (AvgIpc) is 2.81. The van der Waals surface area contributed by atoms with E-state index < -0.39 is 0 Å². The molecule has 4 nitrogen and oxygen atoms in total. The van der Waals surface area contributed by atoms with E-state index in [1.54, 1.807) is 13.2 Å². The number of benzene rings is 2. The summed E-state index contributed by atoms with van der Waals surface area (Å²) in [6.07, 6.45) is 6.20. The second-order valence-electron chi connectivity index (χ2n) is 8.24. The van der Waals surface area contributed by atoms with Crippen LogP contribution in [0.3, 0.4) is 0 Å². The second-order valence-corrected chi connectivity index (χ2v) is 8.24. The first-order valence-electron chi connectivity index (χ1n) is 10.7. The van der Waals surface area contributed by atoms with Gasteiger partial charge in [-0.1, -0.05) is 60.7 Å². The highest BCUT2D eigenvalue weighted by Gasteiger charge is 2.40. The lowest BCUT2D eigenvalue weighted by Gasteiger charge is -2.40. The standard InChI is InChI=1S/C26H29N3O/c1-27-25(30)26(13-16-29(17-14-26)20-22-6-3-2-4-7-22)18-21-9-11-23(12-10-21)24-8-5-15-28-19-24/h2-12,15,19H,13-14,16-18,20H2,1H3,(H,27,30). The lowest BCUT2D eigenvalue weighted by atomic mass is 9.73. The van der Waals surface area contributed by atoms with E-state index in [9.17, 15) is 4.79 Å². The number of aromatic nitrogens is 1. The van der Waals surface area contributed by atoms with E-state index in [0.717, 1.165) is 50.0 Å². The Bertz CT molecular complexity index is 947. The Morgan fingerprint density at radius 2 is 1.67 bits per heavy atom. The molecule has 0 aliphatic carbocycles. The minimum absolute atomic E-state index is 0.165. The Morgan fingerprint density at radius 3 is 2.30 bits per heavy atom. The normalized spacial score (nSPS) is 16.2. The number of nitrogens with one attached hydrogen (secondary N) is 1. The van der Waals surface area contributed by atoms with Gasteiger partial charge in [0, 0.05) is 26.0 Å². The molecule has 1 saturated heterocycles. The Labute approximate surface area is 179 Å². The molecule has 0 spiro atoms. The molecule has 3 aromatic rings. The van der Waals surface area contributed by atoms with E-state index in [1.807, 2.05) is 12.3 Å². The van der Waals surface area contributed by atoms with Crippen LogP contribution in [-0.2, 0) is 17.8 Å². The summed E-state index contributed by atoms with van der Waals surface area (Å²) in [4.78, 5) is 19.6. The fraction of sp³-hybridized carbons (Fsp3) is 0.308. The van der Waals surface area contributed by atoms with Gasteiger partial charge in [0.15, 0.2) is 0 Å². The molecule has 4 rings (SSSR count). The summed E-state index contributed by atoms with van der Waals surface area (Å²) < 4.78 is 0. The first-order chi connectivity index (χ1) is 14.7. The van der Waals surface area contributed by atoms with Crippen molar-refractivity contribution in [1.82, 2.24) is 15.2 Å². The topological polar surface area (TPSA) is 45.2 Å². The van der Waals surface area contributed by atoms with Crippen molar-refractivity contribution in [2.24, 2.45) is 5.41 Å². The third-order valence-corrected chi connectivity index (χ3v) is 6.26. The number of hydrogen-bond acceptors (Lipinski definition) is 3. The van der Waals surface area contributed by atoms with Crippen molar-refractivity contribution < 1.29 is 4.79 Å². The number of pyridine rings is 1. The van der Waals surface area contributed by atoms with E-state index in [2.05, 4.69) is 75.9 Å². The maximum absolute atomic E-state index is 12.9. The molecule has 0 bridgehead atoms. The zero-order chi connectivity index (χ0) is 20.8. The van der Waals surface area contributed by atoms with Gasteiger partial charge >= 0.3 is 0 Å². The SMILES string of the molecule is CNC(=O)C1(Cc2ccc(-c3cccnc3)cc2)CCN(Cc2ccccc2)CC1. The molecule has 0 atom stereocenters. The molecular formula is C26H29N3O. The van der Waals surface area contributed by atoms with Gasteiger partial charge in [0.05, 0.1) is 5.41 Å². The highest BCUT2D eigenvalue weighted by atomic mass is 16.2. The molecule has 1 aliphatic rings. The molecule has 1 N–H and O–H groups in total. The largest absolute Gasteiger partial charge is 0.359 e. The summed E-state index contributed by atoms with van der Waals surface area (Å²) in [7, 11) is 1.76. The quantitative estimate of drug-likeness (QED) is 0.671. The highest BCUT2D eigenvalue weighted by Crippen LogP contribution is 2.36. The minimum Gasteiger partial charge on any atom is -0.359 e. The molecule has 2 heterocycles. The summed E-state index contributed by atoms with van der Waals surface area (Å²) in [5, 5.41) is 2.93. The van der Waals surface area contributed by atoms with Crippen molar-refractivity contribution in [3.8, 4) is 11.1 Å². The van der Waals surface area contributed by atoms with Crippen LogP contribution in [0.15, 0.2) is 79.1 Å². The van der Waals surface area contributed by atoms with Gasteiger partial charge in [0.25, 0.3) is 0 Å². The van der Waals surface area contributed by atoms with Crippen LogP contribution in [0.5, 0.6) is 0 Å². The smallest absolute Gasteiger partial charge is 0.226 e. The molecule has 0 unspecified atom stereocenters. The van der Waals surface area contributed by atoms with Gasteiger partial charge in [-0.25, -0.2) is 0 Å². The summed E-state index contributed by atoms with van der Waals surface area (Å²) in [5.74, 6) is 0.165. The second kappa shape index (κ2) is 9.23. The van der Waals surface area contributed by atoms with Crippen LogP contribution in [0.4, 0.5) is 0 Å². The first-order valence-corrected chi connectivity index (χ1v) is 10.7. The molecule has 2 aromatic carbocycles. The Morgan fingerprint density at radius 1 is 0.933 bits per heavy atom. The number of carbonyl (C=O) groups excluding carboxylic acids is 1. The molecule has 4 heteroatoms. The van der Waals surface area contributed by atoms with Crippen molar-refractivity contribution >= 4 is 5.91 Å². The van der Waals surface area contributed by atoms with Crippen LogP contribution in [0.1, 0.15) is 24.0 Å². The number of nitrogens with zero attached hydrogens (tertiary/aromatic N) is 2. The summed E-state index contributed by atoms with van der Waals surface area (Å²) in [6.45, 7) is 2.83. The van der Waals surface area contributed by atoms with Gasteiger partial charge in [-0.3, -0.25) is 14.7 Å². The fourth-order valence-corrected chi connectivity index (χ4v) is 4.47. The third-order valence-electron chi connectivity index (χ3n) is 6.26. The van der Waals surface area contributed by atoms with Crippen LogP contribution in [0.25, 0.3) is 11.1 Å². The van der Waals surface area contributed by atoms with Crippen LogP contribution < -0.4 is 5.32 Å². The number of likely N-dealkylation sites (tertiary alicyclic amines) is 1. The molecule has 154 valence electrons. The lowest BCUT2D eigenvalue weighted by Crippen LogP contribution is -2.49. The van der Waals surface area contributed by atoms with Crippen molar-refractivity contribution in [3.63, 3.8) is 0 Å². The first kappa shape index (κ1) is 20.3. The van der Waals surface area contributed by atoms with E-state index in [4.69, 9.17) is 0 Å². The van der Waals surface area contributed by atoms with Crippen LogP contribution in [0.2, 0.25) is 0 Å². The predicted octanol–water partition coefficient (Wildman–Crippen LogP) is 4.32. The van der Waals surface area contributed by atoms with Gasteiger partial charge in [0.2, 0.25) is 5.91 Å². The van der Waals surface area contributed by atoms with Gasteiger partial charge < -0.3 is 5.32 Å². The average molecular weight is 400 g/mol. The molecule has 1 fully saturated rings. The van der Waals surface area contributed by atoms with E-state index in [-0.39, 0.29) is 11.3 Å². The van der Waals surface area contributed by atoms with Crippen LogP contribution in [-0.4, -0.2) is 35.9 Å². The van der Waals surface area contributed by atoms with Crippen molar-refractivity contribution in [3.05, 3.63) is 90.3 Å². The highest BCUT2D eigenvalue weighted by molar-refractivity contribution is 5.83. The fourth-order valence-electron chi connectivity index (χ4n) is 4.47. The lowest BCUT2D eigenvalue weighted by molar-refractivity contribution is -0.133. The monoisotopic (exact) mass is 399 g/mol. The van der Waals surface area contributed by atoms with Crippen molar-refractivity contribution in [1.29, 1.82) is 0 Å². The molecule has 1 amide bonds. The maximum Gasteiger partial charge on any atom is 0.226 e. The maximum atomic E-state index is 12.9. The molecular weight excluding hydrogens is 370 g/mol. The summed E-state index contributed by atoms with van der Waals surface area (Å²) in [5.41, 5.74) is 4.47. The Kier molecular flexibility index (Phi) is 6.24. The number of piperidine rings is 1. The van der Waals surface area contributed by atoms with Gasteiger partial charge in [-0.15, -0.1) is 0 Å². The van der Waals surface area contributed by atoms with Crippen molar-refractivity contribution in [2.45, 2.75) is 25.8 Å². The summed E-state index contributed by atoms with van der Waals surface area (Å²) >= 11 is 0. The zero-order valence-corrected chi connectivity index (χ0v) is 17.6. The number of amides is 1. The summed E-state index contributed by atoms with van der Waals surface area (Å²) in [6, 6.07) is 23.2. The zero-order valence-electron chi connectivity index (χ0n) is 17.6. The molecule has 30 heavy (non-hydrogen) atoms. The molecule has 0 radical (unpaired) electrons. The third kappa shape index (κ3) is 4.60. The van der Waals surface area contributed by atoms with Gasteiger partial charge in [-0.2, -0.15) is 0 Å².